The van der Waals surface area contributed by atoms with E-state index in [4.69, 9.17) is 4.42 Å². The van der Waals surface area contributed by atoms with Crippen LogP contribution < -0.4 is 10.6 Å². The quantitative estimate of drug-likeness (QED) is 0.493. The molecule has 0 bridgehead atoms. The normalized spacial score (nSPS) is 10.7. The van der Waals surface area contributed by atoms with Crippen LogP contribution in [-0.2, 0) is 0 Å². The van der Waals surface area contributed by atoms with Gasteiger partial charge in [-0.15, -0.1) is 0 Å². The Hall–Kier alpha value is -3.93. The first-order valence-electron chi connectivity index (χ1n) is 8.98. The maximum absolute atomic E-state index is 13.1. The summed E-state index contributed by atoms with van der Waals surface area (Å²) in [7, 11) is 0. The largest absolute Gasteiger partial charge is 0.449 e. The summed E-state index contributed by atoms with van der Waals surface area (Å²) < 4.78 is 18.8. The van der Waals surface area contributed by atoms with Gasteiger partial charge in [0.05, 0.1) is 0 Å². The molecule has 1 heterocycles. The molecule has 2 N–H and O–H groups in total. The Morgan fingerprint density at radius 1 is 0.828 bits per heavy atom. The van der Waals surface area contributed by atoms with E-state index < -0.39 is 11.7 Å². The molecular formula is C23H17FN2O3. The van der Waals surface area contributed by atoms with E-state index in [1.807, 2.05) is 19.1 Å². The van der Waals surface area contributed by atoms with Gasteiger partial charge in [-0.3, -0.25) is 9.59 Å². The summed E-state index contributed by atoms with van der Waals surface area (Å²) in [5.74, 6) is -1.33. The van der Waals surface area contributed by atoms with Gasteiger partial charge in [0.25, 0.3) is 11.8 Å². The summed E-state index contributed by atoms with van der Waals surface area (Å²) in [6.07, 6.45) is 0. The Bertz CT molecular complexity index is 1210. The van der Waals surface area contributed by atoms with E-state index in [0.717, 1.165) is 5.56 Å². The fraction of sp³-hybridized carbons (Fsp3) is 0.0435. The lowest BCUT2D eigenvalue weighted by atomic mass is 10.1. The van der Waals surface area contributed by atoms with Crippen molar-refractivity contribution < 1.29 is 18.4 Å². The number of halogens is 1. The first-order valence-corrected chi connectivity index (χ1v) is 8.98. The standard InChI is InChI=1S/C23H17FN2O3/c1-14-6-2-3-7-17(14)22(27)26-20-18-8-4-5-9-19(18)29-21(20)23(28)25-16-12-10-15(24)11-13-16/h2-13H,1H3,(H,25,28)(H,26,27). The van der Waals surface area contributed by atoms with Gasteiger partial charge in [0.15, 0.2) is 0 Å². The second kappa shape index (κ2) is 7.59. The second-order valence-corrected chi connectivity index (χ2v) is 6.53. The van der Waals surface area contributed by atoms with Crippen molar-refractivity contribution in [3.63, 3.8) is 0 Å². The van der Waals surface area contributed by atoms with E-state index in [1.165, 1.54) is 24.3 Å². The van der Waals surface area contributed by atoms with Gasteiger partial charge < -0.3 is 15.1 Å². The van der Waals surface area contributed by atoms with Crippen molar-refractivity contribution in [2.45, 2.75) is 6.92 Å². The highest BCUT2D eigenvalue weighted by molar-refractivity contribution is 6.17. The van der Waals surface area contributed by atoms with E-state index in [2.05, 4.69) is 10.6 Å². The van der Waals surface area contributed by atoms with E-state index in [0.29, 0.717) is 22.2 Å². The minimum Gasteiger partial charge on any atom is -0.449 e. The highest BCUT2D eigenvalue weighted by Crippen LogP contribution is 2.32. The molecule has 4 rings (SSSR count). The first kappa shape index (κ1) is 18.4. The number of furan rings is 1. The fourth-order valence-corrected chi connectivity index (χ4v) is 3.06. The number of amides is 2. The summed E-state index contributed by atoms with van der Waals surface area (Å²) >= 11 is 0. The van der Waals surface area contributed by atoms with Crippen LogP contribution in [0.2, 0.25) is 0 Å². The van der Waals surface area contributed by atoms with Crippen LogP contribution in [0.25, 0.3) is 11.0 Å². The van der Waals surface area contributed by atoms with Crippen molar-refractivity contribution >= 4 is 34.2 Å². The minimum atomic E-state index is -0.548. The van der Waals surface area contributed by atoms with Gasteiger partial charge in [0.2, 0.25) is 5.76 Å². The van der Waals surface area contributed by atoms with Crippen LogP contribution in [0.4, 0.5) is 15.8 Å². The molecule has 1 aromatic heterocycles. The zero-order valence-electron chi connectivity index (χ0n) is 15.5. The van der Waals surface area contributed by atoms with Crippen LogP contribution >= 0.6 is 0 Å². The van der Waals surface area contributed by atoms with Crippen molar-refractivity contribution in [1.29, 1.82) is 0 Å². The number of aryl methyl sites for hydroxylation is 1. The molecular weight excluding hydrogens is 371 g/mol. The van der Waals surface area contributed by atoms with Gasteiger partial charge in [-0.05, 0) is 55.0 Å². The van der Waals surface area contributed by atoms with E-state index >= 15 is 0 Å². The molecule has 4 aromatic rings. The van der Waals surface area contributed by atoms with Gasteiger partial charge >= 0.3 is 0 Å². The van der Waals surface area contributed by atoms with E-state index in [9.17, 15) is 14.0 Å². The molecule has 29 heavy (non-hydrogen) atoms. The number of hydrogen-bond acceptors (Lipinski definition) is 3. The van der Waals surface area contributed by atoms with Crippen molar-refractivity contribution in [2.75, 3.05) is 10.6 Å². The van der Waals surface area contributed by atoms with Crippen molar-refractivity contribution in [1.82, 2.24) is 0 Å². The molecule has 0 fully saturated rings. The van der Waals surface area contributed by atoms with Gasteiger partial charge in [0, 0.05) is 16.6 Å². The van der Waals surface area contributed by atoms with Crippen LogP contribution in [0.5, 0.6) is 0 Å². The summed E-state index contributed by atoms with van der Waals surface area (Å²) in [6, 6.07) is 19.6. The topological polar surface area (TPSA) is 71.3 Å². The SMILES string of the molecule is Cc1ccccc1C(=O)Nc1c(C(=O)Nc2ccc(F)cc2)oc2ccccc12. The Kier molecular flexibility index (Phi) is 4.83. The lowest BCUT2D eigenvalue weighted by molar-refractivity contribution is 0.0999. The molecule has 0 atom stereocenters. The Morgan fingerprint density at radius 3 is 2.28 bits per heavy atom. The van der Waals surface area contributed by atoms with Gasteiger partial charge in [0.1, 0.15) is 17.1 Å². The molecule has 0 unspecified atom stereocenters. The summed E-state index contributed by atoms with van der Waals surface area (Å²) in [4.78, 5) is 25.6. The van der Waals surface area contributed by atoms with Gasteiger partial charge in [-0.25, -0.2) is 4.39 Å². The molecule has 6 heteroatoms. The number of carbonyl (C=O) groups is 2. The van der Waals surface area contributed by atoms with Crippen LogP contribution in [0, 0.1) is 12.7 Å². The van der Waals surface area contributed by atoms with Crippen LogP contribution in [0.1, 0.15) is 26.5 Å². The smallest absolute Gasteiger partial charge is 0.293 e. The van der Waals surface area contributed by atoms with Gasteiger partial charge in [-0.2, -0.15) is 0 Å². The van der Waals surface area contributed by atoms with E-state index in [1.54, 1.807) is 36.4 Å². The molecule has 5 nitrogen and oxygen atoms in total. The molecule has 0 aliphatic rings. The molecule has 0 saturated carbocycles. The van der Waals surface area contributed by atoms with Crippen molar-refractivity contribution in [3.8, 4) is 0 Å². The first-order chi connectivity index (χ1) is 14.0. The molecule has 0 aliphatic heterocycles. The summed E-state index contributed by atoms with van der Waals surface area (Å²) in [5, 5.41) is 6.08. The zero-order valence-corrected chi connectivity index (χ0v) is 15.5. The maximum Gasteiger partial charge on any atom is 0.293 e. The molecule has 0 spiro atoms. The predicted molar refractivity (Wildman–Crippen MR) is 110 cm³/mol. The number of anilines is 2. The molecule has 0 radical (unpaired) electrons. The zero-order chi connectivity index (χ0) is 20.4. The van der Waals surface area contributed by atoms with Crippen LogP contribution in [0.15, 0.2) is 77.2 Å². The highest BCUT2D eigenvalue weighted by Gasteiger charge is 2.23. The number of carbonyl (C=O) groups excluding carboxylic acids is 2. The number of fused-ring (bicyclic) bond motifs is 1. The number of para-hydroxylation sites is 1. The van der Waals surface area contributed by atoms with Crippen molar-refractivity contribution in [3.05, 3.63) is 95.5 Å². The van der Waals surface area contributed by atoms with Crippen LogP contribution in [0.3, 0.4) is 0 Å². The highest BCUT2D eigenvalue weighted by atomic mass is 19.1. The third-order valence-corrected chi connectivity index (χ3v) is 4.53. The third-order valence-electron chi connectivity index (χ3n) is 4.53. The van der Waals surface area contributed by atoms with Gasteiger partial charge in [-0.1, -0.05) is 30.3 Å². The predicted octanol–water partition coefficient (Wildman–Crippen LogP) is 5.38. The fourth-order valence-electron chi connectivity index (χ4n) is 3.06. The molecule has 2 amide bonds. The Morgan fingerprint density at radius 2 is 1.52 bits per heavy atom. The average Bonchev–Trinajstić information content (AvgIpc) is 3.08. The van der Waals surface area contributed by atoms with E-state index in [-0.39, 0.29) is 17.4 Å². The van der Waals surface area contributed by atoms with Crippen molar-refractivity contribution in [2.24, 2.45) is 0 Å². The second-order valence-electron chi connectivity index (χ2n) is 6.53. The lowest BCUT2D eigenvalue weighted by Crippen LogP contribution is -2.17. The summed E-state index contributed by atoms with van der Waals surface area (Å²) in [5.41, 5.74) is 2.48. The Balaban J connectivity index is 1.71. The molecule has 0 saturated heterocycles. The summed E-state index contributed by atoms with van der Waals surface area (Å²) in [6.45, 7) is 1.84. The maximum atomic E-state index is 13.1. The number of nitrogens with one attached hydrogen (secondary N) is 2. The average molecular weight is 388 g/mol. The number of rotatable bonds is 4. The monoisotopic (exact) mass is 388 g/mol. The number of benzene rings is 3. The van der Waals surface area contributed by atoms with Crippen LogP contribution in [-0.4, -0.2) is 11.8 Å². The lowest BCUT2D eigenvalue weighted by Gasteiger charge is -2.09. The number of hydrogen-bond donors (Lipinski definition) is 2. The molecule has 0 aliphatic carbocycles. The third kappa shape index (κ3) is 3.73. The molecule has 144 valence electrons. The Labute approximate surface area is 166 Å². The minimum absolute atomic E-state index is 0.0301. The molecule has 3 aromatic carbocycles.